The first-order chi connectivity index (χ1) is 14.1. The molecular formula is C20H25N3O6S. The van der Waals surface area contributed by atoms with Gasteiger partial charge in [-0.3, -0.25) is 4.79 Å². The molecule has 2 heterocycles. The van der Waals surface area contributed by atoms with Crippen LogP contribution < -0.4 is 14.8 Å². The van der Waals surface area contributed by atoms with Crippen molar-refractivity contribution >= 4 is 26.9 Å². The Kier molecular flexibility index (Phi) is 6.18. The van der Waals surface area contributed by atoms with E-state index in [-0.39, 0.29) is 16.3 Å². The van der Waals surface area contributed by atoms with Crippen molar-refractivity contribution in [3.8, 4) is 5.75 Å². The van der Waals surface area contributed by atoms with Crippen LogP contribution in [0.2, 0.25) is 0 Å². The summed E-state index contributed by atoms with van der Waals surface area (Å²) >= 11 is 0. The lowest BCUT2D eigenvalue weighted by Crippen LogP contribution is -2.45. The maximum Gasteiger partial charge on any atom is 0.246 e. The van der Waals surface area contributed by atoms with Gasteiger partial charge in [-0.25, -0.2) is 8.42 Å². The van der Waals surface area contributed by atoms with Gasteiger partial charge >= 0.3 is 0 Å². The number of amides is 1. The van der Waals surface area contributed by atoms with E-state index in [9.17, 15) is 13.2 Å². The Morgan fingerprint density at radius 2 is 2.00 bits per heavy atom. The fraction of sp³-hybridized carbons (Fsp3) is 0.400. The molecule has 0 aliphatic heterocycles. The zero-order valence-corrected chi connectivity index (χ0v) is 18.3. The van der Waals surface area contributed by atoms with Gasteiger partial charge in [0.15, 0.2) is 17.1 Å². The second kappa shape index (κ2) is 8.49. The Morgan fingerprint density at radius 1 is 1.27 bits per heavy atom. The first kappa shape index (κ1) is 21.8. The van der Waals surface area contributed by atoms with Gasteiger partial charge in [0, 0.05) is 5.39 Å². The number of rotatable bonds is 8. The van der Waals surface area contributed by atoms with Crippen LogP contribution in [-0.4, -0.2) is 32.1 Å². The number of ether oxygens (including phenoxy) is 1. The molecule has 3 rings (SSSR count). The number of aryl methyl sites for hydroxylation is 2. The number of sulfonamides is 1. The Bertz CT molecular complexity index is 1150. The van der Waals surface area contributed by atoms with Gasteiger partial charge in [-0.05, 0) is 46.8 Å². The molecule has 0 saturated carbocycles. The fourth-order valence-corrected chi connectivity index (χ4v) is 4.68. The molecule has 1 unspecified atom stereocenters. The van der Waals surface area contributed by atoms with E-state index in [0.29, 0.717) is 23.7 Å². The van der Waals surface area contributed by atoms with Crippen LogP contribution in [-0.2, 0) is 14.8 Å². The van der Waals surface area contributed by atoms with Crippen LogP contribution in [0.25, 0.3) is 11.0 Å². The summed E-state index contributed by atoms with van der Waals surface area (Å²) in [6, 6.07) is 5.89. The van der Waals surface area contributed by atoms with Gasteiger partial charge in [0.05, 0.1) is 18.7 Å². The van der Waals surface area contributed by atoms with Crippen molar-refractivity contribution in [1.82, 2.24) is 15.2 Å². The van der Waals surface area contributed by atoms with Crippen molar-refractivity contribution in [3.05, 3.63) is 41.5 Å². The monoisotopic (exact) mass is 435 g/mol. The SMILES string of the molecule is CCOc1cccc2cc(C(C)NC(=O)[C@H](C)NS(=O)(=O)c3c(C)noc3C)oc12. The van der Waals surface area contributed by atoms with Crippen LogP contribution in [0.4, 0.5) is 0 Å². The van der Waals surface area contributed by atoms with Crippen molar-refractivity contribution in [2.24, 2.45) is 0 Å². The van der Waals surface area contributed by atoms with Crippen LogP contribution >= 0.6 is 0 Å². The summed E-state index contributed by atoms with van der Waals surface area (Å²) in [6.07, 6.45) is 0. The minimum Gasteiger partial charge on any atom is -0.490 e. The molecule has 0 bridgehead atoms. The number of hydrogen-bond acceptors (Lipinski definition) is 7. The molecule has 2 N–H and O–H groups in total. The number of furan rings is 1. The number of carbonyl (C=O) groups excluding carboxylic acids is 1. The van der Waals surface area contributed by atoms with Gasteiger partial charge < -0.3 is 19.0 Å². The molecule has 1 aromatic carbocycles. The first-order valence-electron chi connectivity index (χ1n) is 9.54. The Hall–Kier alpha value is -2.85. The summed E-state index contributed by atoms with van der Waals surface area (Å²) in [5, 5.41) is 7.26. The number of para-hydroxylation sites is 1. The Morgan fingerprint density at radius 3 is 2.63 bits per heavy atom. The van der Waals surface area contributed by atoms with Crippen LogP contribution in [0.15, 0.2) is 38.1 Å². The second-order valence-corrected chi connectivity index (χ2v) is 8.63. The molecule has 1 amide bonds. The molecule has 0 spiro atoms. The molecule has 0 fully saturated rings. The summed E-state index contributed by atoms with van der Waals surface area (Å²) in [5.74, 6) is 0.823. The van der Waals surface area contributed by atoms with Crippen molar-refractivity contribution < 1.29 is 26.9 Å². The third-order valence-corrected chi connectivity index (χ3v) is 6.36. The van der Waals surface area contributed by atoms with E-state index >= 15 is 0 Å². The van der Waals surface area contributed by atoms with Gasteiger partial charge in [-0.2, -0.15) is 4.72 Å². The molecule has 0 radical (unpaired) electrons. The zero-order valence-electron chi connectivity index (χ0n) is 17.5. The summed E-state index contributed by atoms with van der Waals surface area (Å²) < 4.78 is 43.9. The molecule has 2 aromatic heterocycles. The predicted octanol–water partition coefficient (Wildman–Crippen LogP) is 2.98. The van der Waals surface area contributed by atoms with Gasteiger partial charge in [0.1, 0.15) is 16.3 Å². The molecule has 162 valence electrons. The molecule has 0 saturated heterocycles. The Labute approximate surface area is 174 Å². The number of nitrogens with zero attached hydrogens (tertiary/aromatic N) is 1. The number of nitrogens with one attached hydrogen (secondary N) is 2. The summed E-state index contributed by atoms with van der Waals surface area (Å²) in [5.41, 5.74) is 0.830. The normalized spacial score (nSPS) is 13.9. The lowest BCUT2D eigenvalue weighted by atomic mass is 10.2. The zero-order chi connectivity index (χ0) is 22.1. The molecule has 30 heavy (non-hydrogen) atoms. The summed E-state index contributed by atoms with van der Waals surface area (Å²) in [4.78, 5) is 12.5. The maximum absolute atomic E-state index is 12.6. The van der Waals surface area contributed by atoms with E-state index in [4.69, 9.17) is 13.7 Å². The number of carbonyl (C=O) groups is 1. The minimum absolute atomic E-state index is 0.0593. The van der Waals surface area contributed by atoms with E-state index < -0.39 is 28.0 Å². The van der Waals surface area contributed by atoms with Crippen LogP contribution in [0.3, 0.4) is 0 Å². The summed E-state index contributed by atoms with van der Waals surface area (Å²) in [6.45, 7) is 8.63. The second-order valence-electron chi connectivity index (χ2n) is 6.98. The van der Waals surface area contributed by atoms with Crippen molar-refractivity contribution in [3.63, 3.8) is 0 Å². The molecule has 0 aliphatic rings. The highest BCUT2D eigenvalue weighted by Crippen LogP contribution is 2.31. The third kappa shape index (κ3) is 4.34. The highest BCUT2D eigenvalue weighted by atomic mass is 32.2. The number of fused-ring (bicyclic) bond motifs is 1. The van der Waals surface area contributed by atoms with Crippen molar-refractivity contribution in [2.45, 2.75) is 51.6 Å². The number of aromatic nitrogens is 1. The van der Waals surface area contributed by atoms with E-state index in [1.807, 2.05) is 31.2 Å². The third-order valence-electron chi connectivity index (χ3n) is 4.57. The van der Waals surface area contributed by atoms with Gasteiger partial charge in [-0.15, -0.1) is 0 Å². The number of benzene rings is 1. The van der Waals surface area contributed by atoms with Crippen LogP contribution in [0, 0.1) is 13.8 Å². The smallest absolute Gasteiger partial charge is 0.246 e. The van der Waals surface area contributed by atoms with E-state index in [1.54, 1.807) is 6.92 Å². The Balaban J connectivity index is 1.72. The quantitative estimate of drug-likeness (QED) is 0.557. The van der Waals surface area contributed by atoms with Crippen molar-refractivity contribution in [1.29, 1.82) is 0 Å². The van der Waals surface area contributed by atoms with Gasteiger partial charge in [0.2, 0.25) is 15.9 Å². The standard InChI is InChI=1S/C20H25N3O6S/c1-6-27-16-9-7-8-15-10-17(28-18(15)16)11(2)21-20(24)13(4)23-30(25,26)19-12(3)22-29-14(19)5/h7-11,13,23H,6H2,1-5H3,(H,21,24)/t11?,13-/m0/s1. The lowest BCUT2D eigenvalue weighted by Gasteiger charge is -2.17. The largest absolute Gasteiger partial charge is 0.490 e. The average Bonchev–Trinajstić information content (AvgIpc) is 3.25. The predicted molar refractivity (Wildman–Crippen MR) is 110 cm³/mol. The van der Waals surface area contributed by atoms with E-state index in [1.165, 1.54) is 20.8 Å². The van der Waals surface area contributed by atoms with Crippen molar-refractivity contribution in [2.75, 3.05) is 6.61 Å². The first-order valence-corrected chi connectivity index (χ1v) is 11.0. The van der Waals surface area contributed by atoms with Crippen LogP contribution in [0.5, 0.6) is 5.75 Å². The lowest BCUT2D eigenvalue weighted by molar-refractivity contribution is -0.123. The topological polar surface area (TPSA) is 124 Å². The number of hydrogen-bond donors (Lipinski definition) is 2. The van der Waals surface area contributed by atoms with E-state index in [0.717, 1.165) is 5.39 Å². The fourth-order valence-electron chi connectivity index (χ4n) is 3.15. The van der Waals surface area contributed by atoms with Crippen LogP contribution in [0.1, 0.15) is 44.0 Å². The highest BCUT2D eigenvalue weighted by Gasteiger charge is 2.29. The molecule has 2 atom stereocenters. The molecule has 9 nitrogen and oxygen atoms in total. The molecule has 10 heteroatoms. The molecule has 0 aliphatic carbocycles. The highest BCUT2D eigenvalue weighted by molar-refractivity contribution is 7.89. The summed E-state index contributed by atoms with van der Waals surface area (Å²) in [7, 11) is -3.96. The van der Waals surface area contributed by atoms with Gasteiger partial charge in [0.25, 0.3) is 0 Å². The van der Waals surface area contributed by atoms with E-state index in [2.05, 4.69) is 15.2 Å². The average molecular weight is 436 g/mol. The molecule has 3 aromatic rings. The molecular weight excluding hydrogens is 410 g/mol. The maximum atomic E-state index is 12.6. The van der Waals surface area contributed by atoms with Gasteiger partial charge in [-0.1, -0.05) is 17.3 Å². The minimum atomic E-state index is -3.96.